The van der Waals surface area contributed by atoms with Crippen LogP contribution in [0.3, 0.4) is 0 Å². The van der Waals surface area contributed by atoms with Gasteiger partial charge in [-0.05, 0) is 0 Å². The molecule has 0 spiro atoms. The van der Waals surface area contributed by atoms with Gasteiger partial charge in [0.2, 0.25) is 0 Å². The number of hydrogen-bond acceptors (Lipinski definition) is 4. The number of fused-ring (bicyclic) bond motifs is 2. The minimum atomic E-state index is -3.88. The first-order valence-electron chi connectivity index (χ1n) is 10.3. The normalized spacial score (nSPS) is 25.5. The van der Waals surface area contributed by atoms with Gasteiger partial charge in [-0.2, -0.15) is 0 Å². The zero-order valence-corrected chi connectivity index (χ0v) is 20.9. The van der Waals surface area contributed by atoms with Crippen LogP contribution in [-0.4, -0.2) is 20.0 Å². The Kier molecular flexibility index (Phi) is 5.64. The molecule has 4 rings (SSSR count). The third kappa shape index (κ3) is 3.75. The van der Waals surface area contributed by atoms with Crippen molar-refractivity contribution >= 4 is 36.1 Å². The molecule has 2 aliphatic rings. The predicted molar refractivity (Wildman–Crippen MR) is 127 cm³/mol. The number of rotatable bonds is 6. The SMILES string of the molecule is Cc1ccc(I(OS(=O)(=O)CC23CCC(CC2=O)C3(C)C)c2ccc(C)cc2)cc1. The summed E-state index contributed by atoms with van der Waals surface area (Å²) < 4.78 is 34.6. The van der Waals surface area contributed by atoms with Gasteiger partial charge in [0.1, 0.15) is 0 Å². The van der Waals surface area contributed by atoms with E-state index in [0.717, 1.165) is 24.7 Å². The molecule has 162 valence electrons. The van der Waals surface area contributed by atoms with E-state index >= 15 is 0 Å². The number of ketones is 1. The minimum absolute atomic E-state index is 0.0990. The van der Waals surface area contributed by atoms with Gasteiger partial charge in [0.05, 0.1) is 0 Å². The first-order valence-corrected chi connectivity index (χ1v) is 14.9. The number of aryl methyl sites for hydroxylation is 2. The number of carbonyl (C=O) groups excluding carboxylic acids is 1. The van der Waals surface area contributed by atoms with Crippen LogP contribution in [0.15, 0.2) is 48.5 Å². The van der Waals surface area contributed by atoms with Gasteiger partial charge in [0.15, 0.2) is 0 Å². The van der Waals surface area contributed by atoms with E-state index in [9.17, 15) is 13.2 Å². The van der Waals surface area contributed by atoms with Gasteiger partial charge in [-0.3, -0.25) is 0 Å². The Balaban J connectivity index is 1.67. The van der Waals surface area contributed by atoms with Crippen LogP contribution in [0.4, 0.5) is 0 Å². The molecule has 2 atom stereocenters. The molecular weight excluding hydrogens is 511 g/mol. The van der Waals surface area contributed by atoms with E-state index in [1.54, 1.807) is 0 Å². The van der Waals surface area contributed by atoms with Crippen LogP contribution in [0.5, 0.6) is 0 Å². The van der Waals surface area contributed by atoms with Gasteiger partial charge in [-0.15, -0.1) is 0 Å². The van der Waals surface area contributed by atoms with Crippen molar-refractivity contribution in [2.24, 2.45) is 16.7 Å². The summed E-state index contributed by atoms with van der Waals surface area (Å²) in [5, 5.41) is 0. The average molecular weight is 540 g/mol. The van der Waals surface area contributed by atoms with Gasteiger partial charge in [0.25, 0.3) is 0 Å². The van der Waals surface area contributed by atoms with Crippen LogP contribution in [-0.2, 0) is 17.4 Å². The maximum atomic E-state index is 13.4. The van der Waals surface area contributed by atoms with Gasteiger partial charge < -0.3 is 0 Å². The molecule has 0 radical (unpaired) electrons. The first kappa shape index (κ1) is 22.0. The van der Waals surface area contributed by atoms with E-state index in [0.29, 0.717) is 12.8 Å². The maximum absolute atomic E-state index is 13.4. The van der Waals surface area contributed by atoms with Crippen LogP contribution < -0.4 is 0 Å². The van der Waals surface area contributed by atoms with Gasteiger partial charge >= 0.3 is 188 Å². The van der Waals surface area contributed by atoms with Crippen LogP contribution in [0.1, 0.15) is 44.2 Å². The average Bonchev–Trinajstić information content (AvgIpc) is 3.02. The summed E-state index contributed by atoms with van der Waals surface area (Å²) in [6, 6.07) is 15.9. The van der Waals surface area contributed by atoms with Crippen LogP contribution in [0, 0.1) is 37.7 Å². The van der Waals surface area contributed by atoms with Crippen molar-refractivity contribution < 1.29 is 15.7 Å². The summed E-state index contributed by atoms with van der Waals surface area (Å²) in [6.45, 7) is 8.13. The molecule has 0 saturated heterocycles. The summed E-state index contributed by atoms with van der Waals surface area (Å²) in [6.07, 6.45) is 2.07. The Labute approximate surface area is 187 Å². The monoisotopic (exact) mass is 540 g/mol. The zero-order chi connectivity index (χ0) is 21.7. The van der Waals surface area contributed by atoms with Gasteiger partial charge in [-0.1, -0.05) is 0 Å². The summed E-state index contributed by atoms with van der Waals surface area (Å²) in [5.74, 6) is 0.180. The molecule has 2 saturated carbocycles. The van der Waals surface area contributed by atoms with E-state index in [1.807, 2.05) is 62.4 Å². The number of benzene rings is 2. The standard InChI is InChI=1S/C24H29IO4S/c1-17-5-9-20(10-6-17)25(21-11-7-18(2)8-12-21)29-30(27,28)16-24-14-13-19(15-22(24)26)23(24,3)4/h5-12,19H,13-16H2,1-4H3. The fourth-order valence-electron chi connectivity index (χ4n) is 5.02. The van der Waals surface area contributed by atoms with Crippen LogP contribution >= 0.6 is 20.2 Å². The van der Waals surface area contributed by atoms with Crippen molar-refractivity contribution in [1.82, 2.24) is 0 Å². The molecule has 2 bridgehead atoms. The summed E-state index contributed by atoms with van der Waals surface area (Å²) in [4.78, 5) is 12.8. The van der Waals surface area contributed by atoms with Gasteiger partial charge in [-0.25, -0.2) is 0 Å². The molecule has 0 N–H and O–H groups in total. The third-order valence-electron chi connectivity index (χ3n) is 7.14. The van der Waals surface area contributed by atoms with E-state index in [1.165, 1.54) is 0 Å². The molecule has 2 aromatic carbocycles. The fraction of sp³-hybridized carbons (Fsp3) is 0.458. The van der Waals surface area contributed by atoms with E-state index in [4.69, 9.17) is 2.51 Å². The molecule has 2 aromatic rings. The number of halogens is 1. The number of hydrogen-bond donors (Lipinski definition) is 0. The van der Waals surface area contributed by atoms with Crippen LogP contribution in [0.25, 0.3) is 0 Å². The Morgan fingerprint density at radius 2 is 1.47 bits per heavy atom. The molecule has 0 heterocycles. The van der Waals surface area contributed by atoms with Crippen molar-refractivity contribution in [1.29, 1.82) is 0 Å². The molecule has 2 aliphatic carbocycles. The predicted octanol–water partition coefficient (Wildman–Crippen LogP) is 5.51. The molecule has 0 aromatic heterocycles. The van der Waals surface area contributed by atoms with Gasteiger partial charge in [0, 0.05) is 0 Å². The van der Waals surface area contributed by atoms with Crippen molar-refractivity contribution in [3.63, 3.8) is 0 Å². The second-order valence-corrected chi connectivity index (χ2v) is 15.8. The number of Topliss-reactive ketones (excluding diaryl/α,β-unsaturated/α-hetero) is 1. The second-order valence-electron chi connectivity index (χ2n) is 9.27. The Bertz CT molecular complexity index is 1010. The van der Waals surface area contributed by atoms with E-state index in [-0.39, 0.29) is 22.9 Å². The summed E-state index contributed by atoms with van der Waals surface area (Å²) in [7, 11) is -3.88. The molecule has 30 heavy (non-hydrogen) atoms. The molecular formula is C24H29IO4S. The Morgan fingerprint density at radius 1 is 0.967 bits per heavy atom. The zero-order valence-electron chi connectivity index (χ0n) is 17.9. The second kappa shape index (κ2) is 7.71. The summed E-state index contributed by atoms with van der Waals surface area (Å²) >= 11 is -2.69. The molecule has 0 aliphatic heterocycles. The Hall–Kier alpha value is -1.25. The van der Waals surface area contributed by atoms with Crippen molar-refractivity contribution in [3.05, 3.63) is 66.8 Å². The molecule has 2 fully saturated rings. The third-order valence-corrected chi connectivity index (χ3v) is 14.7. The quantitative estimate of drug-likeness (QED) is 0.454. The molecule has 2 unspecified atom stereocenters. The Morgan fingerprint density at radius 3 is 1.87 bits per heavy atom. The van der Waals surface area contributed by atoms with Crippen molar-refractivity contribution in [2.75, 3.05) is 5.75 Å². The molecule has 0 amide bonds. The molecule has 6 heteroatoms. The van der Waals surface area contributed by atoms with Crippen molar-refractivity contribution in [2.45, 2.75) is 47.0 Å². The van der Waals surface area contributed by atoms with Crippen LogP contribution in [0.2, 0.25) is 0 Å². The first-order chi connectivity index (χ1) is 14.0. The molecule has 4 nitrogen and oxygen atoms in total. The van der Waals surface area contributed by atoms with Crippen molar-refractivity contribution in [3.8, 4) is 0 Å². The van der Waals surface area contributed by atoms with E-state index in [2.05, 4.69) is 13.8 Å². The fourth-order valence-corrected chi connectivity index (χ4v) is 12.7. The number of carbonyl (C=O) groups is 1. The summed E-state index contributed by atoms with van der Waals surface area (Å²) in [5.41, 5.74) is 1.14. The van der Waals surface area contributed by atoms with E-state index < -0.39 is 35.8 Å². The topological polar surface area (TPSA) is 60.4 Å².